The number of hydrogen-bond acceptors (Lipinski definition) is 4. The van der Waals surface area contributed by atoms with Crippen molar-refractivity contribution in [3.63, 3.8) is 0 Å². The maximum atomic E-state index is 12.4. The van der Waals surface area contributed by atoms with Crippen molar-refractivity contribution < 1.29 is 17.9 Å². The van der Waals surface area contributed by atoms with Crippen molar-refractivity contribution in [1.82, 2.24) is 9.21 Å². The number of nitrogens with zero attached hydrogens (tertiary/aromatic N) is 2. The number of benzene rings is 1. The molecule has 0 saturated carbocycles. The summed E-state index contributed by atoms with van der Waals surface area (Å²) in [6, 6.07) is 9.75. The summed E-state index contributed by atoms with van der Waals surface area (Å²) in [6.45, 7) is 3.29. The van der Waals surface area contributed by atoms with Crippen molar-refractivity contribution in [2.75, 3.05) is 13.1 Å². The Hall–Kier alpha value is -1.44. The minimum absolute atomic E-state index is 0.0961. The van der Waals surface area contributed by atoms with E-state index in [2.05, 4.69) is 0 Å². The highest BCUT2D eigenvalue weighted by atomic mass is 32.2. The summed E-state index contributed by atoms with van der Waals surface area (Å²) in [5.41, 5.74) is 0.652. The molecule has 4 rings (SSSR count). The highest BCUT2D eigenvalue weighted by molar-refractivity contribution is 7.78. The second kappa shape index (κ2) is 5.58. The minimum atomic E-state index is -1.38. The van der Waals surface area contributed by atoms with Crippen LogP contribution in [0, 0.1) is 0 Å². The second-order valence-electron chi connectivity index (χ2n) is 6.50. The van der Waals surface area contributed by atoms with E-state index in [1.165, 1.54) is 0 Å². The Balaban J connectivity index is 1.45. The number of piperazine rings is 1. The van der Waals surface area contributed by atoms with Crippen LogP contribution < -0.4 is 0 Å². The highest BCUT2D eigenvalue weighted by Gasteiger charge is 2.62. The average molecular weight is 336 g/mol. The molecule has 7 heteroatoms. The molecule has 3 aliphatic rings. The zero-order chi connectivity index (χ0) is 16.0. The number of likely N-dealkylation sites (tertiary alicyclic amines) is 1. The Morgan fingerprint density at radius 3 is 3.00 bits per heavy atom. The zero-order valence-corrected chi connectivity index (χ0v) is 13.8. The molecule has 3 heterocycles. The first-order valence-corrected chi connectivity index (χ1v) is 8.97. The van der Waals surface area contributed by atoms with Gasteiger partial charge in [-0.3, -0.25) is 4.18 Å². The minimum Gasteiger partial charge on any atom is -0.445 e. The maximum absolute atomic E-state index is 12.4. The van der Waals surface area contributed by atoms with Gasteiger partial charge in [-0.2, -0.15) is 4.31 Å². The van der Waals surface area contributed by atoms with Gasteiger partial charge in [0.2, 0.25) is 11.3 Å². The van der Waals surface area contributed by atoms with E-state index >= 15 is 0 Å². The number of hydrogen-bond donors (Lipinski definition) is 0. The van der Waals surface area contributed by atoms with Gasteiger partial charge in [0.05, 0.1) is 11.6 Å². The Bertz CT molecular complexity index is 640. The van der Waals surface area contributed by atoms with E-state index < -0.39 is 11.3 Å². The summed E-state index contributed by atoms with van der Waals surface area (Å²) < 4.78 is 25.1. The standard InChI is InChI=1S/C16H20N2O4S/c1-12-16-8-7-14(18(16)23(20)22-12)9-17(11-16)15(19)21-10-13-5-3-2-4-6-13/h2-6,12,14H,7-11H2,1H3. The van der Waals surface area contributed by atoms with Crippen LogP contribution in [0.1, 0.15) is 25.3 Å². The Kier molecular flexibility index (Phi) is 3.66. The van der Waals surface area contributed by atoms with E-state index in [0.717, 1.165) is 18.4 Å². The van der Waals surface area contributed by atoms with Gasteiger partial charge in [-0.15, -0.1) is 0 Å². The van der Waals surface area contributed by atoms with Crippen LogP contribution in [0.5, 0.6) is 0 Å². The van der Waals surface area contributed by atoms with Gasteiger partial charge in [-0.05, 0) is 25.3 Å². The molecule has 6 nitrogen and oxygen atoms in total. The molecule has 1 amide bonds. The molecule has 1 aromatic carbocycles. The topological polar surface area (TPSA) is 59.1 Å². The molecule has 3 aliphatic heterocycles. The molecule has 0 aliphatic carbocycles. The molecule has 3 fully saturated rings. The number of carbonyl (C=O) groups is 1. The number of amides is 1. The van der Waals surface area contributed by atoms with Crippen LogP contribution in [0.4, 0.5) is 4.79 Å². The lowest BCUT2D eigenvalue weighted by Gasteiger charge is -2.43. The fourth-order valence-corrected chi connectivity index (χ4v) is 5.49. The molecule has 1 aromatic rings. The van der Waals surface area contributed by atoms with Crippen LogP contribution in [0.2, 0.25) is 0 Å². The molecule has 0 aromatic heterocycles. The largest absolute Gasteiger partial charge is 0.445 e. The van der Waals surface area contributed by atoms with Crippen LogP contribution in [-0.4, -0.2) is 50.3 Å². The summed E-state index contributed by atoms with van der Waals surface area (Å²) in [6.07, 6.45) is 1.41. The van der Waals surface area contributed by atoms with Crippen molar-refractivity contribution >= 4 is 17.4 Å². The van der Waals surface area contributed by atoms with E-state index in [-0.39, 0.29) is 30.4 Å². The summed E-state index contributed by atoms with van der Waals surface area (Å²) in [5, 5.41) is 0. The van der Waals surface area contributed by atoms with Crippen molar-refractivity contribution in [3.8, 4) is 0 Å². The molecular formula is C16H20N2O4S. The summed E-state index contributed by atoms with van der Waals surface area (Å²) in [4.78, 5) is 14.2. The third-order valence-corrected chi connectivity index (χ3v) is 6.62. The number of rotatable bonds is 2. The summed E-state index contributed by atoms with van der Waals surface area (Å²) in [7, 11) is 0. The third-order valence-electron chi connectivity index (χ3n) is 5.18. The summed E-state index contributed by atoms with van der Waals surface area (Å²) in [5.74, 6) is 0. The van der Waals surface area contributed by atoms with E-state index in [0.29, 0.717) is 13.1 Å². The smallest absolute Gasteiger partial charge is 0.410 e. The monoisotopic (exact) mass is 336 g/mol. The first-order valence-electron chi connectivity index (χ1n) is 7.94. The predicted molar refractivity (Wildman–Crippen MR) is 84.5 cm³/mol. The fraction of sp³-hybridized carbons (Fsp3) is 0.562. The van der Waals surface area contributed by atoms with E-state index in [1.54, 1.807) is 4.90 Å². The Morgan fingerprint density at radius 1 is 1.43 bits per heavy atom. The van der Waals surface area contributed by atoms with Crippen LogP contribution in [0.25, 0.3) is 0 Å². The van der Waals surface area contributed by atoms with Crippen molar-refractivity contribution in [3.05, 3.63) is 35.9 Å². The fourth-order valence-electron chi connectivity index (χ4n) is 3.96. The van der Waals surface area contributed by atoms with Gasteiger partial charge in [0, 0.05) is 19.1 Å². The first-order chi connectivity index (χ1) is 11.1. The third kappa shape index (κ3) is 2.38. The van der Waals surface area contributed by atoms with Gasteiger partial charge in [-0.25, -0.2) is 9.00 Å². The quantitative estimate of drug-likeness (QED) is 0.827. The maximum Gasteiger partial charge on any atom is 0.410 e. The predicted octanol–water partition coefficient (Wildman–Crippen LogP) is 1.84. The summed E-state index contributed by atoms with van der Waals surface area (Å²) >= 11 is -1.38. The van der Waals surface area contributed by atoms with Crippen LogP contribution in [-0.2, 0) is 26.8 Å². The van der Waals surface area contributed by atoms with Gasteiger partial charge >= 0.3 is 6.09 Å². The van der Waals surface area contributed by atoms with Gasteiger partial charge in [0.1, 0.15) is 6.61 Å². The molecule has 0 spiro atoms. The molecule has 0 radical (unpaired) electrons. The SMILES string of the molecule is CC1OS(=O)N2C3CCC12CN(C(=O)OCc1ccccc1)C3. The Labute approximate surface area is 138 Å². The zero-order valence-electron chi connectivity index (χ0n) is 13.0. The lowest BCUT2D eigenvalue weighted by Crippen LogP contribution is -2.62. The molecular weight excluding hydrogens is 316 g/mol. The molecule has 0 N–H and O–H groups in total. The van der Waals surface area contributed by atoms with Gasteiger partial charge in [0.25, 0.3) is 0 Å². The van der Waals surface area contributed by atoms with Crippen LogP contribution >= 0.6 is 0 Å². The number of carbonyl (C=O) groups excluding carboxylic acids is 1. The van der Waals surface area contributed by atoms with Gasteiger partial charge in [-0.1, -0.05) is 30.3 Å². The molecule has 3 saturated heterocycles. The second-order valence-corrected chi connectivity index (χ2v) is 7.52. The Morgan fingerprint density at radius 2 is 2.22 bits per heavy atom. The lowest BCUT2D eigenvalue weighted by atomic mass is 9.91. The van der Waals surface area contributed by atoms with Crippen molar-refractivity contribution in [2.24, 2.45) is 0 Å². The molecule has 124 valence electrons. The molecule has 2 bridgehead atoms. The first kappa shape index (κ1) is 15.1. The number of ether oxygens (including phenoxy) is 1. The van der Waals surface area contributed by atoms with Crippen LogP contribution in [0.3, 0.4) is 0 Å². The van der Waals surface area contributed by atoms with Crippen LogP contribution in [0.15, 0.2) is 30.3 Å². The highest BCUT2D eigenvalue weighted by Crippen LogP contribution is 2.47. The molecule has 23 heavy (non-hydrogen) atoms. The molecule has 4 unspecified atom stereocenters. The van der Waals surface area contributed by atoms with E-state index in [9.17, 15) is 9.00 Å². The average Bonchev–Trinajstić information content (AvgIpc) is 2.96. The van der Waals surface area contributed by atoms with E-state index in [4.69, 9.17) is 8.92 Å². The van der Waals surface area contributed by atoms with Gasteiger partial charge < -0.3 is 9.64 Å². The van der Waals surface area contributed by atoms with Gasteiger partial charge in [0.15, 0.2) is 0 Å². The van der Waals surface area contributed by atoms with E-state index in [1.807, 2.05) is 41.6 Å². The van der Waals surface area contributed by atoms with Crippen molar-refractivity contribution in [2.45, 2.75) is 44.1 Å². The normalized spacial score (nSPS) is 36.0. The lowest BCUT2D eigenvalue weighted by molar-refractivity contribution is 0.0248. The van der Waals surface area contributed by atoms with Crippen molar-refractivity contribution in [1.29, 1.82) is 0 Å². The molecule has 4 atom stereocenters.